The predicted octanol–water partition coefficient (Wildman–Crippen LogP) is 0.610. The molecule has 0 aliphatic carbocycles. The van der Waals surface area contributed by atoms with Gasteiger partial charge in [-0.2, -0.15) is 0 Å². The van der Waals surface area contributed by atoms with Gasteiger partial charge >= 0.3 is 0 Å². The molecule has 53 valence electrons. The Morgan fingerprint density at radius 3 is 2.64 bits per heavy atom. The van der Waals surface area contributed by atoms with Crippen molar-refractivity contribution in [1.82, 2.24) is 0 Å². The standard InChI is InChI=1S/C7H3O3.Y/c1-2-3-4-5-6-7(8)10-9;/h9H,1H2;/q-1;. The third kappa shape index (κ3) is 9.39. The van der Waals surface area contributed by atoms with Crippen LogP contribution in [0, 0.1) is 6.08 Å². The molecule has 0 aromatic rings. The van der Waals surface area contributed by atoms with Crippen LogP contribution in [0.25, 0.3) is 0 Å². The first-order valence-electron chi connectivity index (χ1n) is 2.19. The molecule has 0 spiro atoms. The average Bonchev–Trinajstić information content (AvgIpc) is 1.98. The van der Waals surface area contributed by atoms with Gasteiger partial charge in [0.15, 0.2) is 0 Å². The molecule has 0 heterocycles. The molecule has 0 aromatic carbocycles. The van der Waals surface area contributed by atoms with Crippen molar-refractivity contribution >= 4 is 5.97 Å². The van der Waals surface area contributed by atoms with Crippen LogP contribution >= 0.6 is 0 Å². The summed E-state index contributed by atoms with van der Waals surface area (Å²) in [6.45, 7) is 3.17. The van der Waals surface area contributed by atoms with Gasteiger partial charge in [0.2, 0.25) is 0 Å². The third-order valence-corrected chi connectivity index (χ3v) is 0.461. The molecular weight excluding hydrogens is 221 g/mol. The Kier molecular flexibility index (Phi) is 11.1. The average molecular weight is 224 g/mol. The van der Waals surface area contributed by atoms with E-state index in [1.165, 1.54) is 0 Å². The van der Waals surface area contributed by atoms with Crippen LogP contribution in [-0.2, 0) is 42.4 Å². The van der Waals surface area contributed by atoms with Crippen LogP contribution in [-0.4, -0.2) is 11.2 Å². The maximum absolute atomic E-state index is 10.0. The minimum Gasteiger partial charge on any atom is -0.317 e. The SMILES string of the molecule is C=C=C=C=C=[C-]C(=O)OO.[Y]. The van der Waals surface area contributed by atoms with E-state index >= 15 is 0 Å². The zero-order valence-electron chi connectivity index (χ0n) is 5.55. The first kappa shape index (κ1) is 13.0. The van der Waals surface area contributed by atoms with E-state index in [9.17, 15) is 4.79 Å². The minimum absolute atomic E-state index is 0. The summed E-state index contributed by atoms with van der Waals surface area (Å²) in [5, 5.41) is 7.66. The van der Waals surface area contributed by atoms with E-state index in [2.05, 4.69) is 34.4 Å². The van der Waals surface area contributed by atoms with Crippen molar-refractivity contribution in [2.45, 2.75) is 0 Å². The van der Waals surface area contributed by atoms with Crippen molar-refractivity contribution in [3.8, 4) is 0 Å². The van der Waals surface area contributed by atoms with Crippen molar-refractivity contribution in [1.29, 1.82) is 0 Å². The monoisotopic (exact) mass is 224 g/mol. The Labute approximate surface area is 88.9 Å². The van der Waals surface area contributed by atoms with Crippen LogP contribution < -0.4 is 0 Å². The summed E-state index contributed by atoms with van der Waals surface area (Å²) in [5.74, 6) is -1.04. The molecule has 1 radical (unpaired) electrons. The first-order chi connectivity index (χ1) is 4.81. The van der Waals surface area contributed by atoms with Crippen LogP contribution in [0.5, 0.6) is 0 Å². The molecular formula is C7H3O3Y-. The molecule has 0 amide bonds. The second kappa shape index (κ2) is 9.39. The van der Waals surface area contributed by atoms with Crippen LogP contribution in [0.3, 0.4) is 0 Å². The zero-order chi connectivity index (χ0) is 7.82. The van der Waals surface area contributed by atoms with Crippen LogP contribution in [0.1, 0.15) is 0 Å². The van der Waals surface area contributed by atoms with Gasteiger partial charge in [0.05, 0.1) is 0 Å². The fourth-order valence-corrected chi connectivity index (χ4v) is 0.181. The smallest absolute Gasteiger partial charge is 0.287 e. The van der Waals surface area contributed by atoms with E-state index in [-0.39, 0.29) is 32.7 Å². The predicted molar refractivity (Wildman–Crippen MR) is 31.6 cm³/mol. The molecule has 3 nitrogen and oxygen atoms in total. The Hall–Kier alpha value is -0.606. The second-order valence-corrected chi connectivity index (χ2v) is 1.06. The van der Waals surface area contributed by atoms with Crippen molar-refractivity contribution in [2.75, 3.05) is 0 Å². The maximum atomic E-state index is 10.0. The molecule has 0 unspecified atom stereocenters. The summed E-state index contributed by atoms with van der Waals surface area (Å²) >= 11 is 0. The Balaban J connectivity index is 0. The summed E-state index contributed by atoms with van der Waals surface area (Å²) < 4.78 is 0. The molecule has 0 aromatic heterocycles. The van der Waals surface area contributed by atoms with Gasteiger partial charge < -0.3 is 4.89 Å². The number of hydrogen-bond donors (Lipinski definition) is 1. The zero-order valence-corrected chi connectivity index (χ0v) is 8.39. The van der Waals surface area contributed by atoms with E-state index in [1.807, 2.05) is 6.08 Å². The first-order valence-corrected chi connectivity index (χ1v) is 2.19. The minimum atomic E-state index is -1.04. The van der Waals surface area contributed by atoms with Gasteiger partial charge in [-0.3, -0.25) is 10.5 Å². The molecule has 0 saturated heterocycles. The van der Waals surface area contributed by atoms with Gasteiger partial charge in [0.1, 0.15) is 0 Å². The molecule has 0 atom stereocenters. The van der Waals surface area contributed by atoms with Crippen LogP contribution in [0.4, 0.5) is 0 Å². The van der Waals surface area contributed by atoms with E-state index < -0.39 is 5.97 Å². The Morgan fingerprint density at radius 1 is 1.55 bits per heavy atom. The maximum Gasteiger partial charge on any atom is 0.287 e. The van der Waals surface area contributed by atoms with Crippen LogP contribution in [0.15, 0.2) is 29.5 Å². The van der Waals surface area contributed by atoms with Gasteiger partial charge in [-0.1, -0.05) is 5.73 Å². The van der Waals surface area contributed by atoms with E-state index in [0.29, 0.717) is 0 Å². The van der Waals surface area contributed by atoms with Gasteiger partial charge in [0, 0.05) is 32.7 Å². The van der Waals surface area contributed by atoms with Crippen LogP contribution in [0.2, 0.25) is 0 Å². The molecule has 0 rings (SSSR count). The second-order valence-electron chi connectivity index (χ2n) is 1.06. The van der Waals surface area contributed by atoms with Gasteiger partial charge in [0.25, 0.3) is 5.97 Å². The van der Waals surface area contributed by atoms with Crippen molar-refractivity contribution in [3.63, 3.8) is 0 Å². The number of rotatable bonds is 1. The number of hydrogen-bond acceptors (Lipinski definition) is 3. The molecule has 11 heavy (non-hydrogen) atoms. The fraction of sp³-hybridized carbons (Fsp3) is 0. The molecule has 0 bridgehead atoms. The molecule has 0 aliphatic rings. The van der Waals surface area contributed by atoms with E-state index in [1.54, 1.807) is 0 Å². The Bertz CT molecular complexity index is 270. The summed E-state index contributed by atoms with van der Waals surface area (Å²) in [7, 11) is 0. The van der Waals surface area contributed by atoms with E-state index in [4.69, 9.17) is 5.26 Å². The summed E-state index contributed by atoms with van der Waals surface area (Å²) in [6.07, 6.45) is 1.86. The Morgan fingerprint density at radius 2 is 2.18 bits per heavy atom. The molecule has 0 aliphatic heterocycles. The third-order valence-electron chi connectivity index (χ3n) is 0.461. The molecule has 0 fully saturated rings. The van der Waals surface area contributed by atoms with E-state index in [0.717, 1.165) is 0 Å². The summed E-state index contributed by atoms with van der Waals surface area (Å²) in [4.78, 5) is 13.2. The molecule has 0 saturated carbocycles. The topological polar surface area (TPSA) is 46.5 Å². The normalized spacial score (nSPS) is 5.18. The molecule has 1 N–H and O–H groups in total. The largest absolute Gasteiger partial charge is 0.317 e. The molecule has 4 heteroatoms. The fourth-order valence-electron chi connectivity index (χ4n) is 0.181. The summed E-state index contributed by atoms with van der Waals surface area (Å²) in [5.41, 5.74) is 8.78. The van der Waals surface area contributed by atoms with Gasteiger partial charge in [-0.25, -0.2) is 11.0 Å². The number of carbonyl (C=O) groups is 1. The van der Waals surface area contributed by atoms with Gasteiger partial charge in [-0.05, 0) is 6.58 Å². The summed E-state index contributed by atoms with van der Waals surface area (Å²) in [6, 6.07) is 0. The van der Waals surface area contributed by atoms with Crippen molar-refractivity contribution in [3.05, 3.63) is 35.6 Å². The quantitative estimate of drug-likeness (QED) is 0.233. The van der Waals surface area contributed by atoms with Crippen molar-refractivity contribution < 1.29 is 47.6 Å². The van der Waals surface area contributed by atoms with Gasteiger partial charge in [-0.15, -0.1) is 11.8 Å². The number of carbonyl (C=O) groups excluding carboxylic acids is 1. The van der Waals surface area contributed by atoms with Crippen molar-refractivity contribution in [2.24, 2.45) is 0 Å².